The van der Waals surface area contributed by atoms with Gasteiger partial charge >= 0.3 is 5.97 Å². The monoisotopic (exact) mass is 317 g/mol. The smallest absolute Gasteiger partial charge is 0.363 e. The van der Waals surface area contributed by atoms with Gasteiger partial charge in [0.15, 0.2) is 11.5 Å². The number of cyclic esters (lactones) is 1. The van der Waals surface area contributed by atoms with Crippen LogP contribution in [0.5, 0.6) is 0 Å². The number of rotatable bonds is 2. The molecule has 2 heterocycles. The molecular weight excluding hydrogens is 310 g/mol. The first-order valence-corrected chi connectivity index (χ1v) is 6.34. The molecule has 1 aromatic carbocycles. The Balaban J connectivity index is 1.92. The number of aliphatic imine (C=N–C) groups is 1. The van der Waals surface area contributed by atoms with Crippen molar-refractivity contribution in [3.05, 3.63) is 64.2 Å². The molecule has 19 heavy (non-hydrogen) atoms. The number of halogens is 1. The van der Waals surface area contributed by atoms with Crippen LogP contribution in [-0.4, -0.2) is 11.9 Å². The molecule has 0 aliphatic carbocycles. The topological polar surface area (TPSA) is 51.8 Å². The summed E-state index contributed by atoms with van der Waals surface area (Å²) in [7, 11) is 0. The van der Waals surface area contributed by atoms with Crippen LogP contribution in [-0.2, 0) is 9.53 Å². The number of hydrogen-bond acceptors (Lipinski definition) is 4. The predicted octanol–water partition coefficient (Wildman–Crippen LogP) is 3.39. The Bertz CT molecular complexity index is 669. The third-order valence-electron chi connectivity index (χ3n) is 2.53. The van der Waals surface area contributed by atoms with Gasteiger partial charge in [0.1, 0.15) is 0 Å². The number of nitrogens with zero attached hydrogens (tertiary/aromatic N) is 1. The summed E-state index contributed by atoms with van der Waals surface area (Å²) in [5.41, 5.74) is 1.13. The Hall–Kier alpha value is -2.14. The number of ether oxygens (including phenoxy) is 1. The minimum atomic E-state index is -0.477. The fraction of sp³-hybridized carbons (Fsp3) is 0. The maximum absolute atomic E-state index is 11.7. The lowest BCUT2D eigenvalue weighted by molar-refractivity contribution is -0.130. The van der Waals surface area contributed by atoms with Crippen molar-refractivity contribution < 1.29 is 13.9 Å². The van der Waals surface area contributed by atoms with E-state index in [1.165, 1.54) is 6.26 Å². The van der Waals surface area contributed by atoms with Crippen molar-refractivity contribution in [2.45, 2.75) is 0 Å². The SMILES string of the molecule is O=C1OC(c2ccco2)=N/C1=C/c1ccc(Br)cc1. The van der Waals surface area contributed by atoms with Crippen molar-refractivity contribution in [1.82, 2.24) is 0 Å². The Kier molecular flexibility index (Phi) is 3.05. The molecule has 1 aliphatic heterocycles. The quantitative estimate of drug-likeness (QED) is 0.630. The van der Waals surface area contributed by atoms with Crippen LogP contribution in [0.15, 0.2) is 62.2 Å². The lowest BCUT2D eigenvalue weighted by Gasteiger charge is -1.94. The number of carbonyl (C=O) groups is 1. The third-order valence-corrected chi connectivity index (χ3v) is 3.05. The molecule has 0 bridgehead atoms. The zero-order chi connectivity index (χ0) is 13.2. The fourth-order valence-corrected chi connectivity index (χ4v) is 1.90. The average Bonchev–Trinajstić information content (AvgIpc) is 3.03. The van der Waals surface area contributed by atoms with Crippen molar-refractivity contribution >= 4 is 33.9 Å². The molecule has 94 valence electrons. The Morgan fingerprint density at radius 3 is 2.63 bits per heavy atom. The highest BCUT2D eigenvalue weighted by atomic mass is 79.9. The summed E-state index contributed by atoms with van der Waals surface area (Å²) in [4.78, 5) is 15.8. The molecule has 0 spiro atoms. The van der Waals surface area contributed by atoms with E-state index < -0.39 is 5.97 Å². The van der Waals surface area contributed by atoms with Crippen LogP contribution in [0.2, 0.25) is 0 Å². The predicted molar refractivity (Wildman–Crippen MR) is 73.5 cm³/mol. The highest BCUT2D eigenvalue weighted by Crippen LogP contribution is 2.20. The second kappa shape index (κ2) is 4.85. The van der Waals surface area contributed by atoms with Crippen LogP contribution < -0.4 is 0 Å². The molecule has 0 N–H and O–H groups in total. The Morgan fingerprint density at radius 2 is 1.95 bits per heavy atom. The maximum atomic E-state index is 11.7. The van der Waals surface area contributed by atoms with Crippen molar-refractivity contribution in [2.24, 2.45) is 4.99 Å². The first kappa shape index (κ1) is 11.9. The van der Waals surface area contributed by atoms with E-state index in [1.54, 1.807) is 18.2 Å². The summed E-state index contributed by atoms with van der Waals surface area (Å²) in [6.07, 6.45) is 3.17. The van der Waals surface area contributed by atoms with Gasteiger partial charge in [0.25, 0.3) is 5.90 Å². The zero-order valence-corrected chi connectivity index (χ0v) is 11.3. The molecule has 1 aliphatic rings. The van der Waals surface area contributed by atoms with Crippen molar-refractivity contribution in [3.63, 3.8) is 0 Å². The summed E-state index contributed by atoms with van der Waals surface area (Å²) in [6.45, 7) is 0. The van der Waals surface area contributed by atoms with E-state index in [9.17, 15) is 4.79 Å². The van der Waals surface area contributed by atoms with Gasteiger partial charge in [-0.15, -0.1) is 0 Å². The van der Waals surface area contributed by atoms with E-state index in [2.05, 4.69) is 20.9 Å². The van der Waals surface area contributed by atoms with Gasteiger partial charge in [-0.2, -0.15) is 0 Å². The van der Waals surface area contributed by atoms with Crippen molar-refractivity contribution in [1.29, 1.82) is 0 Å². The number of hydrogen-bond donors (Lipinski definition) is 0. The van der Waals surface area contributed by atoms with Crippen LogP contribution in [0.25, 0.3) is 6.08 Å². The van der Waals surface area contributed by atoms with Gasteiger partial charge < -0.3 is 9.15 Å². The zero-order valence-electron chi connectivity index (χ0n) is 9.67. The first-order chi connectivity index (χ1) is 9.22. The summed E-state index contributed by atoms with van der Waals surface area (Å²) in [5, 5.41) is 0. The van der Waals surface area contributed by atoms with Crippen LogP contribution in [0.1, 0.15) is 11.3 Å². The molecule has 4 nitrogen and oxygen atoms in total. The van der Waals surface area contributed by atoms with Gasteiger partial charge in [-0.1, -0.05) is 28.1 Å². The highest BCUT2D eigenvalue weighted by Gasteiger charge is 2.25. The van der Waals surface area contributed by atoms with E-state index in [1.807, 2.05) is 24.3 Å². The summed E-state index contributed by atoms with van der Waals surface area (Å²) in [5.74, 6) is 0.153. The first-order valence-electron chi connectivity index (χ1n) is 5.54. The molecule has 0 saturated carbocycles. The van der Waals surface area contributed by atoms with Gasteiger partial charge in [-0.05, 0) is 35.9 Å². The average molecular weight is 318 g/mol. The van der Waals surface area contributed by atoms with E-state index >= 15 is 0 Å². The minimum absolute atomic E-state index is 0.193. The van der Waals surface area contributed by atoms with Crippen LogP contribution in [0, 0.1) is 0 Å². The number of benzene rings is 1. The summed E-state index contributed by atoms with van der Waals surface area (Å²) in [6, 6.07) is 10.9. The molecule has 3 rings (SSSR count). The molecule has 5 heteroatoms. The normalized spacial score (nSPS) is 16.6. The van der Waals surface area contributed by atoms with Gasteiger partial charge in [0.2, 0.25) is 0 Å². The van der Waals surface area contributed by atoms with Crippen LogP contribution in [0.4, 0.5) is 0 Å². The molecule has 0 saturated heterocycles. The van der Waals surface area contributed by atoms with Crippen molar-refractivity contribution in [2.75, 3.05) is 0 Å². The largest absolute Gasteiger partial charge is 0.459 e. The summed E-state index contributed by atoms with van der Waals surface area (Å²) >= 11 is 3.35. The number of carbonyl (C=O) groups excluding carboxylic acids is 1. The van der Waals surface area contributed by atoms with E-state index in [0.717, 1.165) is 10.0 Å². The van der Waals surface area contributed by atoms with E-state index in [-0.39, 0.29) is 11.6 Å². The standard InChI is InChI=1S/C14H8BrNO3/c15-10-5-3-9(4-6-10)8-11-14(17)19-13(16-11)12-2-1-7-18-12/h1-8H/b11-8+. The Labute approximate surface area is 117 Å². The second-order valence-electron chi connectivity index (χ2n) is 3.86. The maximum Gasteiger partial charge on any atom is 0.363 e. The molecule has 0 unspecified atom stereocenters. The summed E-state index contributed by atoms with van der Waals surface area (Å²) < 4.78 is 11.2. The molecule has 0 radical (unpaired) electrons. The van der Waals surface area contributed by atoms with Gasteiger partial charge in [-0.25, -0.2) is 9.79 Å². The van der Waals surface area contributed by atoms with Gasteiger partial charge in [0, 0.05) is 4.47 Å². The lowest BCUT2D eigenvalue weighted by Crippen LogP contribution is -2.04. The highest BCUT2D eigenvalue weighted by molar-refractivity contribution is 9.10. The van der Waals surface area contributed by atoms with E-state index in [0.29, 0.717) is 5.76 Å². The van der Waals surface area contributed by atoms with Crippen LogP contribution >= 0.6 is 15.9 Å². The fourth-order valence-electron chi connectivity index (χ4n) is 1.63. The number of esters is 1. The van der Waals surface area contributed by atoms with Crippen LogP contribution in [0.3, 0.4) is 0 Å². The second-order valence-corrected chi connectivity index (χ2v) is 4.78. The number of furan rings is 1. The van der Waals surface area contributed by atoms with Gasteiger partial charge in [0.05, 0.1) is 6.26 Å². The molecule has 2 aromatic rings. The molecule has 0 atom stereocenters. The van der Waals surface area contributed by atoms with E-state index in [4.69, 9.17) is 9.15 Å². The van der Waals surface area contributed by atoms with Gasteiger partial charge in [-0.3, -0.25) is 0 Å². The molecule has 0 fully saturated rings. The minimum Gasteiger partial charge on any atom is -0.459 e. The third kappa shape index (κ3) is 2.51. The Morgan fingerprint density at radius 1 is 1.16 bits per heavy atom. The lowest BCUT2D eigenvalue weighted by atomic mass is 10.2. The molecule has 1 aromatic heterocycles. The van der Waals surface area contributed by atoms with Crippen molar-refractivity contribution in [3.8, 4) is 0 Å². The molecule has 0 amide bonds. The molecular formula is C14H8BrNO3.